The summed E-state index contributed by atoms with van der Waals surface area (Å²) in [6, 6.07) is 16.4. The number of nitrogens with one attached hydrogen (secondary N) is 9. The van der Waals surface area contributed by atoms with Gasteiger partial charge in [-0.1, -0.05) is 87.4 Å². The summed E-state index contributed by atoms with van der Waals surface area (Å²) in [5.41, 5.74) is 7.44. The van der Waals surface area contributed by atoms with Crippen molar-refractivity contribution in [1.29, 1.82) is 0 Å². The molecule has 2 aliphatic carbocycles. The quantitative estimate of drug-likeness (QED) is 0.0737. The van der Waals surface area contributed by atoms with Gasteiger partial charge in [-0.05, 0) is 62.0 Å². The molecule has 18 nitrogen and oxygen atoms in total. The van der Waals surface area contributed by atoms with Gasteiger partial charge in [-0.3, -0.25) is 38.4 Å². The van der Waals surface area contributed by atoms with E-state index in [1.54, 1.807) is 0 Å². The minimum absolute atomic E-state index is 0.0101. The molecule has 2 saturated carbocycles. The van der Waals surface area contributed by atoms with E-state index in [0.717, 1.165) is 30.4 Å². The molecule has 0 aromatic heterocycles. The van der Waals surface area contributed by atoms with Gasteiger partial charge in [0.25, 0.3) is 0 Å². The van der Waals surface area contributed by atoms with E-state index < -0.39 is 59.8 Å². The molecule has 8 unspecified atom stereocenters. The summed E-state index contributed by atoms with van der Waals surface area (Å²) in [4.78, 5) is 106. The first kappa shape index (κ1) is 52.5. The number of amides is 8. The normalized spacial score (nSPS) is 25.4. The molecular weight excluding hydrogens is 881 g/mol. The number of primary amides is 1. The van der Waals surface area contributed by atoms with Crippen LogP contribution in [0.5, 0.6) is 0 Å². The molecule has 2 heterocycles. The maximum atomic E-state index is 14.0. The largest absolute Gasteiger partial charge is 0.370 e. The molecule has 6 rings (SSSR count). The summed E-state index contributed by atoms with van der Waals surface area (Å²) in [7, 11) is 0. The second kappa shape index (κ2) is 25.6. The average Bonchev–Trinajstić information content (AvgIpc) is 4.14. The van der Waals surface area contributed by atoms with Gasteiger partial charge in [0.15, 0.2) is 0 Å². The van der Waals surface area contributed by atoms with Gasteiger partial charge in [0, 0.05) is 76.7 Å². The molecule has 69 heavy (non-hydrogen) atoms. The molecule has 2 aliphatic heterocycles. The summed E-state index contributed by atoms with van der Waals surface area (Å²) < 4.78 is 0. The number of nitrogens with two attached hydrogens (primary N) is 1. The van der Waals surface area contributed by atoms with Gasteiger partial charge in [0.2, 0.25) is 47.3 Å². The number of hydrogen-bond donors (Lipinski definition) is 10. The van der Waals surface area contributed by atoms with Crippen molar-refractivity contribution < 1.29 is 38.4 Å². The van der Waals surface area contributed by atoms with Crippen LogP contribution in [-0.2, 0) is 51.2 Å². The van der Waals surface area contributed by atoms with Crippen LogP contribution in [0.2, 0.25) is 0 Å². The van der Waals surface area contributed by atoms with E-state index in [1.807, 2.05) is 74.5 Å². The van der Waals surface area contributed by atoms with Crippen molar-refractivity contribution in [2.75, 3.05) is 32.7 Å². The highest BCUT2D eigenvalue weighted by Crippen LogP contribution is 2.28. The number of rotatable bonds is 23. The highest BCUT2D eigenvalue weighted by molar-refractivity contribution is 5.87. The van der Waals surface area contributed by atoms with E-state index >= 15 is 0 Å². The van der Waals surface area contributed by atoms with Gasteiger partial charge in [0.05, 0.1) is 41.7 Å². The first-order valence-corrected chi connectivity index (χ1v) is 25.0. The Morgan fingerprint density at radius 2 is 1.09 bits per heavy atom. The van der Waals surface area contributed by atoms with E-state index in [9.17, 15) is 38.4 Å². The third-order valence-electron chi connectivity index (χ3n) is 14.1. The molecule has 4 aliphatic rings. The summed E-state index contributed by atoms with van der Waals surface area (Å²) >= 11 is 0. The van der Waals surface area contributed by atoms with Crippen molar-refractivity contribution in [3.63, 3.8) is 0 Å². The number of hydrogen-bond acceptors (Lipinski definition) is 10. The fraction of sp³-hybridized carbons (Fsp3) is 0.608. The summed E-state index contributed by atoms with van der Waals surface area (Å²) in [5.74, 6) is -4.84. The predicted molar refractivity (Wildman–Crippen MR) is 259 cm³/mol. The molecule has 18 heteroatoms. The number of benzene rings is 2. The van der Waals surface area contributed by atoms with Crippen LogP contribution < -0.4 is 53.6 Å². The minimum Gasteiger partial charge on any atom is -0.370 e. The lowest BCUT2D eigenvalue weighted by Crippen LogP contribution is -2.54. The second-order valence-electron chi connectivity index (χ2n) is 20.1. The van der Waals surface area contributed by atoms with Gasteiger partial charge in [0.1, 0.15) is 0 Å². The lowest BCUT2D eigenvalue weighted by molar-refractivity contribution is -0.130. The monoisotopic (exact) mass is 955 g/mol. The highest BCUT2D eigenvalue weighted by Gasteiger charge is 2.41. The molecule has 11 atom stereocenters. The Kier molecular flexibility index (Phi) is 19.5. The van der Waals surface area contributed by atoms with Crippen LogP contribution >= 0.6 is 0 Å². The predicted octanol–water partition coefficient (Wildman–Crippen LogP) is 0.483. The van der Waals surface area contributed by atoms with E-state index in [0.29, 0.717) is 64.7 Å². The Morgan fingerprint density at radius 1 is 0.580 bits per heavy atom. The van der Waals surface area contributed by atoms with Crippen LogP contribution in [-0.4, -0.2) is 116 Å². The Morgan fingerprint density at radius 3 is 1.64 bits per heavy atom. The Hall–Kier alpha value is -5.88. The van der Waals surface area contributed by atoms with Gasteiger partial charge in [-0.2, -0.15) is 0 Å². The van der Waals surface area contributed by atoms with E-state index in [4.69, 9.17) is 5.73 Å². The molecule has 2 aromatic carbocycles. The molecule has 4 fully saturated rings. The van der Waals surface area contributed by atoms with Crippen LogP contribution in [0.1, 0.15) is 89.7 Å². The molecule has 2 aromatic rings. The van der Waals surface area contributed by atoms with Crippen molar-refractivity contribution in [2.45, 2.75) is 128 Å². The van der Waals surface area contributed by atoms with Gasteiger partial charge < -0.3 is 53.6 Å². The fourth-order valence-electron chi connectivity index (χ4n) is 10.7. The third kappa shape index (κ3) is 15.8. The van der Waals surface area contributed by atoms with E-state index in [-0.39, 0.29) is 78.6 Å². The number of carbonyl (C=O) groups is 8. The zero-order valence-electron chi connectivity index (χ0n) is 40.4. The molecule has 376 valence electrons. The molecule has 0 bridgehead atoms. The standard InChI is InChI=1S/C51H74N10O8/c1-30(2)20-34(47(65)60-43-28-54-27-40(43)51(69)61-44-29-53-26-39(44)50(68)57-35(23-45(52)63)21-32-12-6-4-7-13-32)25-55-48(66)37-16-10-19-42(37)59-46(64)24-36(22-33-14-8-5-9-15-33)58-49(67)38-17-11-18-41(38)56-31(3)62/h4-9,12-15,30,34-44,53-54H,10-11,16-29H2,1-3H3,(H2,52,63)(H,55,66)(H,56,62)(H,57,68)(H,58,67)(H,59,64)(H,60,65)(H,61,69)/t34-,35-,36-,37?,38?,39?,40?,41?,42?,43?,44?/m0/s1. The zero-order valence-corrected chi connectivity index (χ0v) is 40.4. The molecule has 8 amide bonds. The Bertz CT molecular complexity index is 2090. The summed E-state index contributed by atoms with van der Waals surface area (Å²) in [5, 5.41) is 27.7. The topological polar surface area (TPSA) is 271 Å². The van der Waals surface area contributed by atoms with Crippen molar-refractivity contribution in [2.24, 2.45) is 41.2 Å². The number of carbonyl (C=O) groups excluding carboxylic acids is 8. The smallest absolute Gasteiger partial charge is 0.226 e. The first-order chi connectivity index (χ1) is 33.1. The summed E-state index contributed by atoms with van der Waals surface area (Å²) in [6.45, 7) is 6.92. The molecular formula is C51H74N10O8. The fourth-order valence-corrected chi connectivity index (χ4v) is 10.7. The van der Waals surface area contributed by atoms with Crippen LogP contribution in [0.4, 0.5) is 0 Å². The minimum atomic E-state index is -0.611. The second-order valence-corrected chi connectivity index (χ2v) is 20.1. The van der Waals surface area contributed by atoms with Crippen LogP contribution in [0.3, 0.4) is 0 Å². The molecule has 0 spiro atoms. The average molecular weight is 955 g/mol. The molecule has 0 radical (unpaired) electrons. The highest BCUT2D eigenvalue weighted by atomic mass is 16.2. The van der Waals surface area contributed by atoms with E-state index in [2.05, 4.69) is 47.9 Å². The molecule has 2 saturated heterocycles. The van der Waals surface area contributed by atoms with Gasteiger partial charge in [-0.15, -0.1) is 0 Å². The maximum absolute atomic E-state index is 14.0. The molecule has 11 N–H and O–H groups in total. The Balaban J connectivity index is 1.00. The van der Waals surface area contributed by atoms with Crippen molar-refractivity contribution in [3.8, 4) is 0 Å². The van der Waals surface area contributed by atoms with Crippen LogP contribution in [0, 0.1) is 35.5 Å². The van der Waals surface area contributed by atoms with Crippen LogP contribution in [0.25, 0.3) is 0 Å². The van der Waals surface area contributed by atoms with Gasteiger partial charge >= 0.3 is 0 Å². The third-order valence-corrected chi connectivity index (χ3v) is 14.1. The van der Waals surface area contributed by atoms with Crippen molar-refractivity contribution in [3.05, 3.63) is 71.8 Å². The van der Waals surface area contributed by atoms with E-state index in [1.165, 1.54) is 6.92 Å². The summed E-state index contributed by atoms with van der Waals surface area (Å²) in [6.07, 6.45) is 5.43. The van der Waals surface area contributed by atoms with Gasteiger partial charge in [-0.25, -0.2) is 0 Å². The van der Waals surface area contributed by atoms with Crippen LogP contribution in [0.15, 0.2) is 60.7 Å². The van der Waals surface area contributed by atoms with Crippen molar-refractivity contribution in [1.82, 2.24) is 47.9 Å². The zero-order chi connectivity index (χ0) is 49.5. The maximum Gasteiger partial charge on any atom is 0.226 e. The SMILES string of the molecule is CC(=O)NC1CCCC1C(=O)N[C@H](CC(=O)NC1CCCC1C(=O)NC[C@H](CC(C)C)C(=O)NC1CNCC1C(=O)NC1CNCC1C(=O)N[C@H](CC(N)=O)Cc1ccccc1)Cc1ccccc1. The van der Waals surface area contributed by atoms with Crippen molar-refractivity contribution >= 4 is 47.3 Å². The lowest BCUT2D eigenvalue weighted by Gasteiger charge is -2.27. The lowest BCUT2D eigenvalue weighted by atomic mass is 9.94. The Labute approximate surface area is 405 Å². The first-order valence-electron chi connectivity index (χ1n) is 25.0.